The Morgan fingerprint density at radius 2 is 1.36 bits per heavy atom. The lowest BCUT2D eigenvalue weighted by atomic mass is 10.0. The number of esters is 1. The van der Waals surface area contributed by atoms with E-state index in [2.05, 4.69) is 0 Å². The second-order valence-electron chi connectivity index (χ2n) is 9.72. The summed E-state index contributed by atoms with van der Waals surface area (Å²) >= 11 is 0. The van der Waals surface area contributed by atoms with Crippen molar-refractivity contribution in [3.8, 4) is 0 Å². The Morgan fingerprint density at radius 1 is 0.786 bits per heavy atom. The van der Waals surface area contributed by atoms with Crippen LogP contribution in [-0.4, -0.2) is 65.6 Å². The number of hydrogen-bond donors (Lipinski definition) is 1. The van der Waals surface area contributed by atoms with Gasteiger partial charge in [-0.3, -0.25) is 4.79 Å². The number of ether oxygens (including phenoxy) is 6. The van der Waals surface area contributed by atoms with Crippen LogP contribution in [0.25, 0.3) is 0 Å². The van der Waals surface area contributed by atoms with Gasteiger partial charge >= 0.3 is 5.97 Å². The fourth-order valence-corrected chi connectivity index (χ4v) is 5.74. The largest absolute Gasteiger partial charge is 0.459 e. The van der Waals surface area contributed by atoms with E-state index in [4.69, 9.17) is 28.4 Å². The maximum Gasteiger partial charge on any atom is 0.306 e. The van der Waals surface area contributed by atoms with E-state index in [0.29, 0.717) is 18.3 Å². The molecule has 2 saturated carbocycles. The summed E-state index contributed by atoms with van der Waals surface area (Å²) in [5.41, 5.74) is 0. The fraction of sp³-hybridized carbons (Fsp3) is 0.950. The number of aliphatic hydroxyl groups excluding tert-OH is 1. The van der Waals surface area contributed by atoms with E-state index in [1.807, 2.05) is 27.7 Å². The molecule has 1 N–H and O–H groups in total. The number of hydrogen-bond acceptors (Lipinski definition) is 8. The first-order chi connectivity index (χ1) is 13.1. The molecule has 6 rings (SSSR count). The molecule has 28 heavy (non-hydrogen) atoms. The van der Waals surface area contributed by atoms with Crippen molar-refractivity contribution in [3.63, 3.8) is 0 Å². The van der Waals surface area contributed by atoms with Crippen LogP contribution < -0.4 is 0 Å². The Hall–Kier alpha value is -0.770. The Labute approximate surface area is 164 Å². The predicted octanol–water partition coefficient (Wildman–Crippen LogP) is 1.48. The molecular formula is C20H30O8. The Kier molecular flexibility index (Phi) is 4.36. The van der Waals surface area contributed by atoms with Gasteiger partial charge in [-0.15, -0.1) is 0 Å². The molecule has 4 aliphatic heterocycles. The minimum atomic E-state index is -0.599. The standard InChI is InChI=1S/C10H16O4.C10H14O4/c2*1-10(2)13-6-3-5-4-7(11)12-8(5)9(6)14-10/h5-9,11H,3-4H2,1-2H3;5-6,8-9H,3-4H2,1-2H3/t5?,6-,7?,8-,9?;5?,6-,8-,9?/m00/s1. The molecule has 0 aromatic carbocycles. The molecule has 0 aromatic heterocycles. The molecule has 0 amide bonds. The topological polar surface area (TPSA) is 92.7 Å². The van der Waals surface area contributed by atoms with Gasteiger partial charge in [0.05, 0.1) is 24.7 Å². The Morgan fingerprint density at radius 3 is 2.00 bits per heavy atom. The molecule has 4 heterocycles. The third-order valence-electron chi connectivity index (χ3n) is 6.60. The van der Waals surface area contributed by atoms with Crippen LogP contribution in [0.1, 0.15) is 53.4 Å². The molecule has 2 aliphatic carbocycles. The number of rotatable bonds is 0. The number of carbonyl (C=O) groups is 1. The average molecular weight is 398 g/mol. The van der Waals surface area contributed by atoms with Gasteiger partial charge in [0.2, 0.25) is 0 Å². The molecule has 9 atom stereocenters. The molecule has 8 nitrogen and oxygen atoms in total. The Balaban J connectivity index is 0.000000122. The van der Waals surface area contributed by atoms with Crippen LogP contribution in [0.15, 0.2) is 0 Å². The maximum absolute atomic E-state index is 11.1. The van der Waals surface area contributed by atoms with Crippen LogP contribution in [0, 0.1) is 11.8 Å². The van der Waals surface area contributed by atoms with Crippen molar-refractivity contribution < 1.29 is 38.3 Å². The molecule has 0 spiro atoms. The van der Waals surface area contributed by atoms with Crippen molar-refractivity contribution in [2.24, 2.45) is 11.8 Å². The second-order valence-corrected chi connectivity index (χ2v) is 9.72. The summed E-state index contributed by atoms with van der Waals surface area (Å²) in [5, 5.41) is 9.37. The van der Waals surface area contributed by atoms with Crippen molar-refractivity contribution in [1.82, 2.24) is 0 Å². The van der Waals surface area contributed by atoms with Crippen molar-refractivity contribution >= 4 is 5.97 Å². The monoisotopic (exact) mass is 398 g/mol. The number of fused-ring (bicyclic) bond motifs is 6. The van der Waals surface area contributed by atoms with Gasteiger partial charge < -0.3 is 33.5 Å². The Bertz CT molecular complexity index is 648. The van der Waals surface area contributed by atoms with Gasteiger partial charge in [0.15, 0.2) is 17.9 Å². The zero-order chi connectivity index (χ0) is 19.8. The molecule has 6 fully saturated rings. The first kappa shape index (κ1) is 19.2. The SMILES string of the molecule is CC1(C)OC2[C@H]3OC(=O)CC3C[C@@H]2O1.CC1(C)OC2[C@H]3OC(O)CC3C[C@@H]2O1. The van der Waals surface area contributed by atoms with Gasteiger partial charge in [0.25, 0.3) is 0 Å². The highest BCUT2D eigenvalue weighted by Gasteiger charge is 2.58. The lowest BCUT2D eigenvalue weighted by Crippen LogP contribution is -2.31. The quantitative estimate of drug-likeness (QED) is 0.614. The zero-order valence-corrected chi connectivity index (χ0v) is 16.8. The van der Waals surface area contributed by atoms with Crippen molar-refractivity contribution in [3.05, 3.63) is 0 Å². The van der Waals surface area contributed by atoms with E-state index >= 15 is 0 Å². The smallest absolute Gasteiger partial charge is 0.306 e. The summed E-state index contributed by atoms with van der Waals surface area (Å²) in [6.07, 6.45) is 2.74. The molecule has 0 bridgehead atoms. The molecule has 6 aliphatic rings. The van der Waals surface area contributed by atoms with Crippen molar-refractivity contribution in [2.75, 3.05) is 0 Å². The van der Waals surface area contributed by atoms with Gasteiger partial charge in [-0.2, -0.15) is 0 Å². The van der Waals surface area contributed by atoms with Gasteiger partial charge in [-0.25, -0.2) is 0 Å². The summed E-state index contributed by atoms with van der Waals surface area (Å²) in [6, 6.07) is 0. The summed E-state index contributed by atoms with van der Waals surface area (Å²) in [7, 11) is 0. The highest BCUT2D eigenvalue weighted by molar-refractivity contribution is 5.72. The number of aliphatic hydroxyl groups is 1. The summed E-state index contributed by atoms with van der Waals surface area (Å²) in [6.45, 7) is 7.64. The van der Waals surface area contributed by atoms with E-state index < -0.39 is 17.9 Å². The summed E-state index contributed by atoms with van der Waals surface area (Å²) in [5.74, 6) is -0.372. The highest BCUT2D eigenvalue weighted by atomic mass is 16.8. The predicted molar refractivity (Wildman–Crippen MR) is 93.9 cm³/mol. The minimum absolute atomic E-state index is 0.0205. The molecule has 4 saturated heterocycles. The van der Waals surface area contributed by atoms with E-state index in [9.17, 15) is 9.90 Å². The third-order valence-corrected chi connectivity index (χ3v) is 6.60. The summed E-state index contributed by atoms with van der Waals surface area (Å²) < 4.78 is 33.7. The van der Waals surface area contributed by atoms with Crippen molar-refractivity contribution in [2.45, 2.75) is 108 Å². The molecule has 0 radical (unpaired) electrons. The van der Waals surface area contributed by atoms with Crippen LogP contribution in [0.3, 0.4) is 0 Å². The second kappa shape index (κ2) is 6.36. The zero-order valence-electron chi connectivity index (χ0n) is 16.8. The minimum Gasteiger partial charge on any atom is -0.459 e. The van der Waals surface area contributed by atoms with E-state index in [1.165, 1.54) is 0 Å². The molecule has 0 aromatic rings. The van der Waals surface area contributed by atoms with Crippen LogP contribution in [-0.2, 0) is 33.2 Å². The average Bonchev–Trinajstić information content (AvgIpc) is 3.32. The van der Waals surface area contributed by atoms with Crippen LogP contribution in [0.4, 0.5) is 0 Å². The highest BCUT2D eigenvalue weighted by Crippen LogP contribution is 2.47. The van der Waals surface area contributed by atoms with Crippen LogP contribution in [0.2, 0.25) is 0 Å². The fourth-order valence-electron chi connectivity index (χ4n) is 5.74. The third kappa shape index (κ3) is 3.28. The molecule has 5 unspecified atom stereocenters. The maximum atomic E-state index is 11.1. The van der Waals surface area contributed by atoms with E-state index in [1.54, 1.807) is 0 Å². The van der Waals surface area contributed by atoms with E-state index in [0.717, 1.165) is 19.3 Å². The normalized spacial score (nSPS) is 51.8. The van der Waals surface area contributed by atoms with Crippen LogP contribution >= 0.6 is 0 Å². The van der Waals surface area contributed by atoms with Gasteiger partial charge in [0, 0.05) is 12.3 Å². The van der Waals surface area contributed by atoms with Gasteiger partial charge in [-0.05, 0) is 46.5 Å². The van der Waals surface area contributed by atoms with Crippen LogP contribution in [0.5, 0.6) is 0 Å². The first-order valence-electron chi connectivity index (χ1n) is 10.3. The lowest BCUT2D eigenvalue weighted by molar-refractivity contribution is -0.176. The van der Waals surface area contributed by atoms with E-state index in [-0.39, 0.29) is 42.6 Å². The number of carbonyl (C=O) groups excluding carboxylic acids is 1. The van der Waals surface area contributed by atoms with Gasteiger partial charge in [0.1, 0.15) is 18.3 Å². The van der Waals surface area contributed by atoms with Crippen molar-refractivity contribution in [1.29, 1.82) is 0 Å². The first-order valence-corrected chi connectivity index (χ1v) is 10.3. The molecular weight excluding hydrogens is 368 g/mol. The lowest BCUT2D eigenvalue weighted by Gasteiger charge is -2.21. The van der Waals surface area contributed by atoms with Gasteiger partial charge in [-0.1, -0.05) is 0 Å². The molecule has 8 heteroatoms. The summed E-state index contributed by atoms with van der Waals surface area (Å²) in [4.78, 5) is 11.1. The molecule has 158 valence electrons.